The molecule has 1 aliphatic heterocycles. The lowest BCUT2D eigenvalue weighted by molar-refractivity contribution is -0.128. The molecule has 0 spiro atoms. The van der Waals surface area contributed by atoms with Gasteiger partial charge in [-0.3, -0.25) is 4.79 Å². The maximum atomic E-state index is 12.3. The number of ether oxygens (including phenoxy) is 2. The van der Waals surface area contributed by atoms with Gasteiger partial charge in [0.2, 0.25) is 5.91 Å². The molecule has 116 valence electrons. The Morgan fingerprint density at radius 3 is 2.50 bits per heavy atom. The van der Waals surface area contributed by atoms with Gasteiger partial charge in [-0.15, -0.1) is 23.1 Å². The van der Waals surface area contributed by atoms with Crippen LogP contribution in [0.3, 0.4) is 0 Å². The van der Waals surface area contributed by atoms with Crippen LogP contribution in [0, 0.1) is 0 Å². The van der Waals surface area contributed by atoms with Crippen molar-refractivity contribution in [3.8, 4) is 11.5 Å². The van der Waals surface area contributed by atoms with Gasteiger partial charge >= 0.3 is 0 Å². The van der Waals surface area contributed by atoms with E-state index in [4.69, 9.17) is 9.47 Å². The van der Waals surface area contributed by atoms with Crippen molar-refractivity contribution in [3.05, 3.63) is 46.2 Å². The Morgan fingerprint density at radius 2 is 1.91 bits per heavy atom. The third-order valence-corrected chi connectivity index (χ3v) is 5.67. The monoisotopic (exact) mass is 335 g/mol. The van der Waals surface area contributed by atoms with E-state index in [1.54, 1.807) is 37.3 Å². The molecule has 0 saturated carbocycles. The molecule has 6 heteroatoms. The highest BCUT2D eigenvalue weighted by Gasteiger charge is 2.36. The molecule has 1 aliphatic rings. The van der Waals surface area contributed by atoms with Gasteiger partial charge in [-0.2, -0.15) is 0 Å². The van der Waals surface area contributed by atoms with E-state index < -0.39 is 0 Å². The number of methoxy groups -OCH3 is 2. The summed E-state index contributed by atoms with van der Waals surface area (Å²) in [6.45, 7) is 0.620. The highest BCUT2D eigenvalue weighted by molar-refractivity contribution is 8.00. The summed E-state index contributed by atoms with van der Waals surface area (Å²) < 4.78 is 11.0. The SMILES string of the molecule is COc1cccc(OC)c1C1SCC(=O)N1Cc1cccs1. The van der Waals surface area contributed by atoms with E-state index in [-0.39, 0.29) is 11.3 Å². The minimum absolute atomic E-state index is 0.0827. The van der Waals surface area contributed by atoms with Gasteiger partial charge in [0.15, 0.2) is 0 Å². The summed E-state index contributed by atoms with van der Waals surface area (Å²) in [5.41, 5.74) is 0.930. The van der Waals surface area contributed by atoms with Gasteiger partial charge in [-0.25, -0.2) is 0 Å². The zero-order valence-electron chi connectivity index (χ0n) is 12.4. The van der Waals surface area contributed by atoms with Gasteiger partial charge in [0.1, 0.15) is 16.9 Å². The Morgan fingerprint density at radius 1 is 1.18 bits per heavy atom. The molecule has 0 bridgehead atoms. The molecule has 2 heterocycles. The predicted molar refractivity (Wildman–Crippen MR) is 89.6 cm³/mol. The molecule has 2 aromatic rings. The Bertz CT molecular complexity index is 635. The fourth-order valence-corrected chi connectivity index (χ4v) is 4.50. The summed E-state index contributed by atoms with van der Waals surface area (Å²) in [5.74, 6) is 2.14. The number of thioether (sulfide) groups is 1. The third kappa shape index (κ3) is 2.80. The van der Waals surface area contributed by atoms with Crippen LogP contribution in [0.2, 0.25) is 0 Å². The molecule has 0 N–H and O–H groups in total. The van der Waals surface area contributed by atoms with Gasteiger partial charge in [-0.1, -0.05) is 12.1 Å². The first-order chi connectivity index (χ1) is 10.7. The summed E-state index contributed by atoms with van der Waals surface area (Å²) in [5, 5.41) is 1.95. The number of hydrogen-bond acceptors (Lipinski definition) is 5. The van der Waals surface area contributed by atoms with Crippen LogP contribution < -0.4 is 9.47 Å². The summed E-state index contributed by atoms with van der Waals surface area (Å²) in [6.07, 6.45) is 0. The van der Waals surface area contributed by atoms with Crippen molar-refractivity contribution in [2.45, 2.75) is 11.9 Å². The van der Waals surface area contributed by atoms with Gasteiger partial charge < -0.3 is 14.4 Å². The molecule has 4 nitrogen and oxygen atoms in total. The molecule has 1 aromatic carbocycles. The van der Waals surface area contributed by atoms with Crippen LogP contribution in [0.25, 0.3) is 0 Å². The third-order valence-electron chi connectivity index (χ3n) is 3.59. The molecular weight excluding hydrogens is 318 g/mol. The lowest BCUT2D eigenvalue weighted by Crippen LogP contribution is -2.27. The van der Waals surface area contributed by atoms with Crippen molar-refractivity contribution in [2.24, 2.45) is 0 Å². The molecule has 1 unspecified atom stereocenters. The van der Waals surface area contributed by atoms with Crippen LogP contribution in [0.4, 0.5) is 0 Å². The van der Waals surface area contributed by atoms with E-state index in [9.17, 15) is 4.79 Å². The topological polar surface area (TPSA) is 38.8 Å². The highest BCUT2D eigenvalue weighted by Crippen LogP contribution is 2.47. The van der Waals surface area contributed by atoms with Gasteiger partial charge in [0.05, 0.1) is 32.1 Å². The van der Waals surface area contributed by atoms with Crippen LogP contribution in [-0.2, 0) is 11.3 Å². The Hall–Kier alpha value is -1.66. The first-order valence-electron chi connectivity index (χ1n) is 6.89. The maximum Gasteiger partial charge on any atom is 0.234 e. The van der Waals surface area contributed by atoms with Gasteiger partial charge in [0, 0.05) is 4.88 Å². The van der Waals surface area contributed by atoms with Crippen LogP contribution >= 0.6 is 23.1 Å². The van der Waals surface area contributed by atoms with Crippen LogP contribution in [0.1, 0.15) is 15.8 Å². The maximum absolute atomic E-state index is 12.3. The Balaban J connectivity index is 1.97. The van der Waals surface area contributed by atoms with Gasteiger partial charge in [-0.05, 0) is 23.6 Å². The first kappa shape index (κ1) is 15.2. The summed E-state index contributed by atoms with van der Waals surface area (Å²) in [6, 6.07) is 9.77. The van der Waals surface area contributed by atoms with Gasteiger partial charge in [0.25, 0.3) is 0 Å². The lowest BCUT2D eigenvalue weighted by atomic mass is 10.1. The van der Waals surface area contributed by atoms with E-state index in [0.717, 1.165) is 17.1 Å². The number of carbonyl (C=O) groups excluding carboxylic acids is 1. The lowest BCUT2D eigenvalue weighted by Gasteiger charge is -2.26. The fraction of sp³-hybridized carbons (Fsp3) is 0.312. The van der Waals surface area contributed by atoms with Crippen LogP contribution in [0.15, 0.2) is 35.7 Å². The molecule has 0 aliphatic carbocycles. The Labute approximate surface area is 138 Å². The second-order valence-corrected chi connectivity index (χ2v) is 6.94. The summed E-state index contributed by atoms with van der Waals surface area (Å²) in [4.78, 5) is 15.4. The highest BCUT2D eigenvalue weighted by atomic mass is 32.2. The smallest absolute Gasteiger partial charge is 0.234 e. The molecule has 22 heavy (non-hydrogen) atoms. The molecule has 1 amide bonds. The number of amides is 1. The molecule has 1 saturated heterocycles. The molecule has 3 rings (SSSR count). The quantitative estimate of drug-likeness (QED) is 0.838. The van der Waals surface area contributed by atoms with Crippen molar-refractivity contribution in [2.75, 3.05) is 20.0 Å². The Kier molecular flexibility index (Phi) is 4.59. The average Bonchev–Trinajstić information content (AvgIpc) is 3.18. The van der Waals surface area contributed by atoms with E-state index in [1.165, 1.54) is 4.88 Å². The molecule has 1 fully saturated rings. The zero-order chi connectivity index (χ0) is 15.5. The second-order valence-electron chi connectivity index (χ2n) is 4.84. The molecule has 0 radical (unpaired) electrons. The average molecular weight is 335 g/mol. The number of nitrogens with zero attached hydrogens (tertiary/aromatic N) is 1. The first-order valence-corrected chi connectivity index (χ1v) is 8.81. The zero-order valence-corrected chi connectivity index (χ0v) is 14.1. The van der Waals surface area contributed by atoms with Crippen molar-refractivity contribution in [1.82, 2.24) is 4.90 Å². The normalized spacial score (nSPS) is 17.8. The largest absolute Gasteiger partial charge is 0.496 e. The minimum atomic E-state index is -0.0827. The standard InChI is InChI=1S/C16H17NO3S2/c1-19-12-6-3-7-13(20-2)15(12)16-17(14(18)10-22-16)9-11-5-4-8-21-11/h3-8,16H,9-10H2,1-2H3. The van der Waals surface area contributed by atoms with Crippen LogP contribution in [-0.4, -0.2) is 30.8 Å². The van der Waals surface area contributed by atoms with Crippen molar-refractivity contribution in [1.29, 1.82) is 0 Å². The van der Waals surface area contributed by atoms with E-state index in [2.05, 4.69) is 6.07 Å². The molecule has 1 aromatic heterocycles. The van der Waals surface area contributed by atoms with Crippen LogP contribution in [0.5, 0.6) is 11.5 Å². The minimum Gasteiger partial charge on any atom is -0.496 e. The number of benzene rings is 1. The van der Waals surface area contributed by atoms with Crippen molar-refractivity contribution >= 4 is 29.0 Å². The van der Waals surface area contributed by atoms with E-state index in [0.29, 0.717) is 12.3 Å². The predicted octanol–water partition coefficient (Wildman–Crippen LogP) is 3.54. The fourth-order valence-electron chi connectivity index (χ4n) is 2.56. The summed E-state index contributed by atoms with van der Waals surface area (Å²) in [7, 11) is 3.28. The van der Waals surface area contributed by atoms with Crippen molar-refractivity contribution in [3.63, 3.8) is 0 Å². The van der Waals surface area contributed by atoms with Crippen molar-refractivity contribution < 1.29 is 14.3 Å². The second kappa shape index (κ2) is 6.62. The molecular formula is C16H17NO3S2. The number of carbonyl (C=O) groups is 1. The number of hydrogen-bond donors (Lipinski definition) is 0. The number of rotatable bonds is 5. The van der Waals surface area contributed by atoms with E-state index >= 15 is 0 Å². The van der Waals surface area contributed by atoms with E-state index in [1.807, 2.05) is 34.5 Å². The summed E-state index contributed by atoms with van der Waals surface area (Å²) >= 11 is 3.28. The molecule has 1 atom stereocenters. The number of thiophene rings is 1.